The molecule has 2 aromatic rings. The van der Waals surface area contributed by atoms with Crippen LogP contribution < -0.4 is 10.5 Å². The second-order valence-electron chi connectivity index (χ2n) is 4.05. The number of rotatable bonds is 4. The fourth-order valence-electron chi connectivity index (χ4n) is 2.03. The molecule has 18 heavy (non-hydrogen) atoms. The standard InChI is InChI=1S/C13H16FN3O/c1-8-13(11(5-6-15)17-16-8)10-7-9(14)3-4-12(10)18-2/h3-4,7H,5-6,15H2,1-2H3,(H,16,17). The number of halogens is 1. The summed E-state index contributed by atoms with van der Waals surface area (Å²) >= 11 is 0. The first-order chi connectivity index (χ1) is 8.67. The zero-order valence-electron chi connectivity index (χ0n) is 10.5. The zero-order chi connectivity index (χ0) is 13.1. The molecule has 0 saturated heterocycles. The number of hydrogen-bond donors (Lipinski definition) is 2. The van der Waals surface area contributed by atoms with Crippen LogP contribution in [0, 0.1) is 12.7 Å². The van der Waals surface area contributed by atoms with Crippen LogP contribution in [0.25, 0.3) is 11.1 Å². The van der Waals surface area contributed by atoms with E-state index in [1.54, 1.807) is 13.2 Å². The van der Waals surface area contributed by atoms with Gasteiger partial charge in [-0.2, -0.15) is 5.10 Å². The van der Waals surface area contributed by atoms with Crippen molar-refractivity contribution in [1.29, 1.82) is 0 Å². The molecule has 1 heterocycles. The fourth-order valence-corrected chi connectivity index (χ4v) is 2.03. The highest BCUT2D eigenvalue weighted by molar-refractivity contribution is 5.74. The fraction of sp³-hybridized carbons (Fsp3) is 0.308. The van der Waals surface area contributed by atoms with E-state index in [1.165, 1.54) is 12.1 Å². The Morgan fingerprint density at radius 3 is 2.89 bits per heavy atom. The van der Waals surface area contributed by atoms with Crippen LogP contribution in [0.1, 0.15) is 11.4 Å². The second kappa shape index (κ2) is 5.18. The summed E-state index contributed by atoms with van der Waals surface area (Å²) in [6.45, 7) is 2.39. The summed E-state index contributed by atoms with van der Waals surface area (Å²) in [6.07, 6.45) is 0.638. The van der Waals surface area contributed by atoms with Crippen molar-refractivity contribution in [3.63, 3.8) is 0 Å². The molecular formula is C13H16FN3O. The van der Waals surface area contributed by atoms with Gasteiger partial charge in [0.05, 0.1) is 12.8 Å². The van der Waals surface area contributed by atoms with Crippen LogP contribution in [0.3, 0.4) is 0 Å². The van der Waals surface area contributed by atoms with Crippen molar-refractivity contribution >= 4 is 0 Å². The molecule has 2 rings (SSSR count). The van der Waals surface area contributed by atoms with Gasteiger partial charge in [-0.3, -0.25) is 5.10 Å². The summed E-state index contributed by atoms with van der Waals surface area (Å²) in [5.74, 6) is 0.323. The summed E-state index contributed by atoms with van der Waals surface area (Å²) in [5, 5.41) is 7.11. The van der Waals surface area contributed by atoms with E-state index in [0.29, 0.717) is 24.3 Å². The van der Waals surface area contributed by atoms with E-state index in [1.807, 2.05) is 6.92 Å². The first-order valence-corrected chi connectivity index (χ1v) is 5.75. The molecule has 1 aromatic carbocycles. The predicted octanol–water partition coefficient (Wildman–Crippen LogP) is 2.03. The number of aromatic amines is 1. The Labute approximate surface area is 105 Å². The largest absolute Gasteiger partial charge is 0.496 e. The second-order valence-corrected chi connectivity index (χ2v) is 4.05. The number of nitrogens with one attached hydrogen (secondary N) is 1. The summed E-state index contributed by atoms with van der Waals surface area (Å²) in [4.78, 5) is 0. The number of methoxy groups -OCH3 is 1. The van der Waals surface area contributed by atoms with Crippen molar-refractivity contribution in [3.05, 3.63) is 35.4 Å². The van der Waals surface area contributed by atoms with Gasteiger partial charge in [0.2, 0.25) is 0 Å². The number of aromatic nitrogens is 2. The van der Waals surface area contributed by atoms with Gasteiger partial charge in [0, 0.05) is 23.2 Å². The summed E-state index contributed by atoms with van der Waals surface area (Å²) < 4.78 is 18.7. The van der Waals surface area contributed by atoms with Gasteiger partial charge in [0.15, 0.2) is 0 Å². The summed E-state index contributed by atoms with van der Waals surface area (Å²) in [5.41, 5.74) is 8.84. The molecule has 4 nitrogen and oxygen atoms in total. The molecular weight excluding hydrogens is 233 g/mol. The Hall–Kier alpha value is -1.88. The molecule has 0 aliphatic heterocycles. The number of benzene rings is 1. The average Bonchev–Trinajstić information content (AvgIpc) is 2.71. The lowest BCUT2D eigenvalue weighted by molar-refractivity contribution is 0.415. The van der Waals surface area contributed by atoms with Crippen LogP contribution >= 0.6 is 0 Å². The molecule has 0 spiro atoms. The highest BCUT2D eigenvalue weighted by Gasteiger charge is 2.16. The third-order valence-corrected chi connectivity index (χ3v) is 2.83. The maximum atomic E-state index is 13.4. The minimum Gasteiger partial charge on any atom is -0.496 e. The van der Waals surface area contributed by atoms with Gasteiger partial charge in [-0.05, 0) is 31.7 Å². The number of hydrogen-bond acceptors (Lipinski definition) is 3. The highest BCUT2D eigenvalue weighted by Crippen LogP contribution is 2.34. The van der Waals surface area contributed by atoms with E-state index in [9.17, 15) is 4.39 Å². The maximum Gasteiger partial charge on any atom is 0.127 e. The molecule has 0 fully saturated rings. The summed E-state index contributed by atoms with van der Waals surface area (Å²) in [6, 6.07) is 4.44. The van der Waals surface area contributed by atoms with Crippen molar-refractivity contribution in [3.8, 4) is 16.9 Å². The van der Waals surface area contributed by atoms with Crippen LogP contribution in [0.15, 0.2) is 18.2 Å². The van der Waals surface area contributed by atoms with Crippen molar-refractivity contribution in [2.45, 2.75) is 13.3 Å². The molecule has 5 heteroatoms. The first-order valence-electron chi connectivity index (χ1n) is 5.75. The molecule has 0 saturated carbocycles. The summed E-state index contributed by atoms with van der Waals surface area (Å²) in [7, 11) is 1.56. The molecule has 96 valence electrons. The lowest BCUT2D eigenvalue weighted by Gasteiger charge is -2.09. The number of nitrogens with zero attached hydrogens (tertiary/aromatic N) is 1. The van der Waals surface area contributed by atoms with Gasteiger partial charge in [-0.25, -0.2) is 4.39 Å². The van der Waals surface area contributed by atoms with Gasteiger partial charge in [0.25, 0.3) is 0 Å². The van der Waals surface area contributed by atoms with Gasteiger partial charge >= 0.3 is 0 Å². The minimum atomic E-state index is -0.301. The van der Waals surface area contributed by atoms with Gasteiger partial charge in [-0.15, -0.1) is 0 Å². The Morgan fingerprint density at radius 1 is 1.44 bits per heavy atom. The monoisotopic (exact) mass is 249 g/mol. The molecule has 0 bridgehead atoms. The third-order valence-electron chi connectivity index (χ3n) is 2.83. The van der Waals surface area contributed by atoms with Gasteiger partial charge in [0.1, 0.15) is 11.6 Å². The first kappa shape index (κ1) is 12.6. The van der Waals surface area contributed by atoms with Crippen LogP contribution in [0.2, 0.25) is 0 Å². The Kier molecular flexibility index (Phi) is 3.62. The Balaban J connectivity index is 2.60. The van der Waals surface area contributed by atoms with Crippen LogP contribution in [-0.2, 0) is 6.42 Å². The normalized spacial score (nSPS) is 10.7. The number of ether oxygens (including phenoxy) is 1. The molecule has 3 N–H and O–H groups in total. The van der Waals surface area contributed by atoms with E-state index >= 15 is 0 Å². The maximum absolute atomic E-state index is 13.4. The van der Waals surface area contributed by atoms with Crippen molar-refractivity contribution < 1.29 is 9.13 Å². The predicted molar refractivity (Wildman–Crippen MR) is 68.0 cm³/mol. The van der Waals surface area contributed by atoms with E-state index < -0.39 is 0 Å². The number of H-pyrrole nitrogens is 1. The average molecular weight is 249 g/mol. The van der Waals surface area contributed by atoms with Gasteiger partial charge < -0.3 is 10.5 Å². The Morgan fingerprint density at radius 2 is 2.22 bits per heavy atom. The van der Waals surface area contributed by atoms with Crippen molar-refractivity contribution in [2.24, 2.45) is 5.73 Å². The number of nitrogens with two attached hydrogens (primary N) is 1. The van der Waals surface area contributed by atoms with Crippen LogP contribution in [0.5, 0.6) is 5.75 Å². The van der Waals surface area contributed by atoms with Crippen LogP contribution in [-0.4, -0.2) is 23.9 Å². The topological polar surface area (TPSA) is 63.9 Å². The quantitative estimate of drug-likeness (QED) is 0.871. The number of aryl methyl sites for hydroxylation is 1. The lowest BCUT2D eigenvalue weighted by atomic mass is 10.0. The SMILES string of the molecule is COc1ccc(F)cc1-c1c(CCN)n[nH]c1C. The Bertz CT molecular complexity index is 551. The lowest BCUT2D eigenvalue weighted by Crippen LogP contribution is -2.04. The van der Waals surface area contributed by atoms with E-state index in [2.05, 4.69) is 10.2 Å². The third kappa shape index (κ3) is 2.22. The highest BCUT2D eigenvalue weighted by atomic mass is 19.1. The molecule has 0 atom stereocenters. The van der Waals surface area contributed by atoms with E-state index in [4.69, 9.17) is 10.5 Å². The molecule has 1 aromatic heterocycles. The molecule has 0 radical (unpaired) electrons. The molecule has 0 aliphatic carbocycles. The van der Waals surface area contributed by atoms with Crippen molar-refractivity contribution in [2.75, 3.05) is 13.7 Å². The van der Waals surface area contributed by atoms with Crippen molar-refractivity contribution in [1.82, 2.24) is 10.2 Å². The minimum absolute atomic E-state index is 0.301. The van der Waals surface area contributed by atoms with Gasteiger partial charge in [-0.1, -0.05) is 0 Å². The van der Waals surface area contributed by atoms with E-state index in [0.717, 1.165) is 17.0 Å². The molecule has 0 aliphatic rings. The zero-order valence-corrected chi connectivity index (χ0v) is 10.5. The molecule has 0 amide bonds. The van der Waals surface area contributed by atoms with Crippen LogP contribution in [0.4, 0.5) is 4.39 Å². The van der Waals surface area contributed by atoms with E-state index in [-0.39, 0.29) is 5.82 Å². The molecule has 0 unspecified atom stereocenters. The smallest absolute Gasteiger partial charge is 0.127 e.